The van der Waals surface area contributed by atoms with Gasteiger partial charge in [-0.2, -0.15) is 21.0 Å². The van der Waals surface area contributed by atoms with Gasteiger partial charge in [-0.25, -0.2) is 9.98 Å². The minimum atomic E-state index is -2.30. The number of nitriles is 4. The fourth-order valence-corrected chi connectivity index (χ4v) is 10.2. The number of ether oxygens (including phenoxy) is 2. The second kappa shape index (κ2) is 16.1. The van der Waals surface area contributed by atoms with Crippen molar-refractivity contribution in [3.8, 4) is 34.0 Å². The van der Waals surface area contributed by atoms with Crippen molar-refractivity contribution >= 4 is 78.8 Å². The molecule has 0 unspecified atom stereocenters. The molecular weight excluding hydrogens is 833 g/mol. The van der Waals surface area contributed by atoms with E-state index >= 15 is 9.59 Å². The maximum atomic E-state index is 15.0. The van der Waals surface area contributed by atoms with E-state index < -0.39 is 28.9 Å². The van der Waals surface area contributed by atoms with Crippen LogP contribution in [-0.4, -0.2) is 34.9 Å². The number of fused-ring (bicyclic) bond motifs is 5. The molecule has 2 aromatic heterocycles. The van der Waals surface area contributed by atoms with Crippen LogP contribution >= 0.6 is 22.7 Å². The number of Topliss-reactive ketones (excluding diaryl/α,β-unsaturated/α-hetero) is 2. The highest BCUT2D eigenvalue weighted by molar-refractivity contribution is 7.26. The molecule has 2 heterocycles. The molecule has 0 bridgehead atoms. The molecule has 12 nitrogen and oxygen atoms in total. The van der Waals surface area contributed by atoms with Gasteiger partial charge in [-0.15, -0.1) is 22.7 Å². The monoisotopic (exact) mass is 856 g/mol. The summed E-state index contributed by atoms with van der Waals surface area (Å²) in [4.78, 5) is 68.0. The predicted octanol–water partition coefficient (Wildman–Crippen LogP) is 9.10. The molecule has 0 radical (unpaired) electrons. The molecule has 63 heavy (non-hydrogen) atoms. The quantitative estimate of drug-likeness (QED) is 0.0806. The number of carbonyl (C=O) groups is 4. The van der Waals surface area contributed by atoms with E-state index in [-0.39, 0.29) is 79.2 Å². The molecule has 3 aliphatic rings. The number of carbonyl (C=O) groups excluding carboxylic acids is 4. The van der Waals surface area contributed by atoms with Crippen molar-refractivity contribution < 1.29 is 28.7 Å². The zero-order valence-corrected chi connectivity index (χ0v) is 34.0. The smallest absolute Gasteiger partial charge is 0.333 e. The number of ketones is 2. The topological polar surface area (TPSA) is 207 Å². The van der Waals surface area contributed by atoms with E-state index in [2.05, 4.69) is 0 Å². The van der Waals surface area contributed by atoms with Crippen LogP contribution in [-0.2, 0) is 37.7 Å². The molecule has 0 N–H and O–H groups in total. The van der Waals surface area contributed by atoms with Crippen molar-refractivity contribution in [2.45, 2.75) is 18.6 Å². The Balaban J connectivity index is 1.26. The molecule has 0 atom stereocenters. The summed E-state index contributed by atoms with van der Waals surface area (Å²) in [5.41, 5.74) is -0.351. The lowest BCUT2D eigenvalue weighted by Gasteiger charge is -2.26. The summed E-state index contributed by atoms with van der Waals surface area (Å²) in [5, 5.41) is 40.0. The van der Waals surface area contributed by atoms with Gasteiger partial charge in [0, 0.05) is 33.4 Å². The summed E-state index contributed by atoms with van der Waals surface area (Å²) in [6.07, 6.45) is 0. The lowest BCUT2D eigenvalue weighted by atomic mass is 9.79. The van der Waals surface area contributed by atoms with E-state index in [1.165, 1.54) is 12.1 Å². The van der Waals surface area contributed by atoms with E-state index in [4.69, 9.17) is 19.5 Å². The van der Waals surface area contributed by atoms with Crippen molar-refractivity contribution in [3.63, 3.8) is 0 Å². The van der Waals surface area contributed by atoms with Crippen LogP contribution in [0.2, 0.25) is 0 Å². The number of hydrogen-bond donors (Lipinski definition) is 0. The number of rotatable bonds is 8. The molecule has 298 valence electrons. The first-order valence-electron chi connectivity index (χ1n) is 19.0. The second-order valence-corrected chi connectivity index (χ2v) is 16.2. The molecule has 0 saturated heterocycles. The molecule has 14 heteroatoms. The molecule has 4 aromatic carbocycles. The summed E-state index contributed by atoms with van der Waals surface area (Å²) in [6, 6.07) is 41.3. The van der Waals surface area contributed by atoms with Gasteiger partial charge in [0.1, 0.15) is 70.1 Å². The van der Waals surface area contributed by atoms with Gasteiger partial charge in [-0.05, 0) is 34.4 Å². The van der Waals surface area contributed by atoms with Gasteiger partial charge in [0.2, 0.25) is 17.0 Å². The second-order valence-electron chi connectivity index (χ2n) is 14.1. The number of esters is 2. The number of allylic oxidation sites excluding steroid dienone is 4. The average molecular weight is 857 g/mol. The SMILES string of the molecule is N#CC(C#N)=C1C(=Nc2cc3c(s2)-c2sc(N=C4C(=O)c5ccccc5C4=C(C#N)C#N)cc2C3(C(=O)OCc2ccccc2)C(=O)OCc2ccccc2)C(=O)c2ccccc21. The number of thiophene rings is 2. The molecule has 0 fully saturated rings. The molecule has 0 spiro atoms. The first-order valence-corrected chi connectivity index (χ1v) is 20.6. The predicted molar refractivity (Wildman–Crippen MR) is 233 cm³/mol. The van der Waals surface area contributed by atoms with Crippen LogP contribution in [0.3, 0.4) is 0 Å². The van der Waals surface area contributed by atoms with Gasteiger partial charge in [0.05, 0.1) is 9.75 Å². The summed E-state index contributed by atoms with van der Waals surface area (Å²) >= 11 is 2.08. The van der Waals surface area contributed by atoms with Gasteiger partial charge >= 0.3 is 11.9 Å². The van der Waals surface area contributed by atoms with Crippen LogP contribution in [0.1, 0.15) is 54.1 Å². The zero-order valence-electron chi connectivity index (χ0n) is 32.4. The molecule has 0 amide bonds. The maximum absolute atomic E-state index is 15.0. The Morgan fingerprint density at radius 3 is 1.24 bits per heavy atom. The molecule has 6 aromatic rings. The van der Waals surface area contributed by atoms with Gasteiger partial charge < -0.3 is 9.47 Å². The number of aliphatic imine (C=N–C) groups is 2. The Bertz CT molecular complexity index is 3060. The van der Waals surface area contributed by atoms with Crippen LogP contribution in [0.5, 0.6) is 0 Å². The third-order valence-electron chi connectivity index (χ3n) is 10.7. The van der Waals surface area contributed by atoms with Crippen LogP contribution < -0.4 is 0 Å². The normalized spacial score (nSPS) is 15.0. The summed E-state index contributed by atoms with van der Waals surface area (Å²) in [6.45, 7) is -0.427. The van der Waals surface area contributed by atoms with Crippen LogP contribution in [0, 0.1) is 45.3 Å². The van der Waals surface area contributed by atoms with Crippen molar-refractivity contribution in [2.24, 2.45) is 9.98 Å². The maximum Gasteiger partial charge on any atom is 0.333 e. The average Bonchev–Trinajstić information content (AvgIpc) is 4.11. The summed E-state index contributed by atoms with van der Waals surface area (Å²) < 4.78 is 12.0. The van der Waals surface area contributed by atoms with Gasteiger partial charge in [0.15, 0.2) is 0 Å². The van der Waals surface area contributed by atoms with Crippen LogP contribution in [0.15, 0.2) is 142 Å². The van der Waals surface area contributed by atoms with Crippen molar-refractivity contribution in [2.75, 3.05) is 0 Å². The zero-order chi connectivity index (χ0) is 43.8. The van der Waals surface area contributed by atoms with Crippen LogP contribution in [0.4, 0.5) is 10.0 Å². The molecule has 3 aliphatic carbocycles. The summed E-state index contributed by atoms with van der Waals surface area (Å²) in [5.74, 6) is -3.02. The van der Waals surface area contributed by atoms with Crippen molar-refractivity contribution in [1.29, 1.82) is 21.0 Å². The van der Waals surface area contributed by atoms with E-state index in [1.807, 2.05) is 24.3 Å². The first kappa shape index (κ1) is 39.8. The van der Waals surface area contributed by atoms with Crippen molar-refractivity contribution in [3.05, 3.63) is 177 Å². The molecule has 0 saturated carbocycles. The Morgan fingerprint density at radius 2 is 0.873 bits per heavy atom. The van der Waals surface area contributed by atoms with E-state index in [1.54, 1.807) is 109 Å². The minimum absolute atomic E-state index is 0.0556. The van der Waals surface area contributed by atoms with Gasteiger partial charge in [-0.1, -0.05) is 109 Å². The van der Waals surface area contributed by atoms with E-state index in [0.29, 0.717) is 32.0 Å². The highest BCUT2D eigenvalue weighted by Gasteiger charge is 2.60. The molecule has 0 aliphatic heterocycles. The Kier molecular flexibility index (Phi) is 10.2. The standard InChI is InChI=1S/C49H24N6O6S2/c50-21-29(22-51)39-31-15-7-9-17-33(31)43(56)41(39)54-37-19-35-45(62-37)46-36(20-38(63-46)55-42-40(30(23-52)24-53)32-16-8-10-18-34(32)44(42)57)49(35,47(58)60-25-27-11-3-1-4-12-27)48(59)61-26-28-13-5-2-6-14-28/h1-20H,25-26H2. The lowest BCUT2D eigenvalue weighted by molar-refractivity contribution is -0.164. The van der Waals surface area contributed by atoms with E-state index in [0.717, 1.165) is 22.7 Å². The minimum Gasteiger partial charge on any atom is -0.459 e. The number of hydrogen-bond acceptors (Lipinski definition) is 14. The fourth-order valence-electron chi connectivity index (χ4n) is 7.84. The van der Waals surface area contributed by atoms with Gasteiger partial charge in [-0.3, -0.25) is 19.2 Å². The third kappa shape index (κ3) is 6.48. The molecule has 9 rings (SSSR count). The lowest BCUT2D eigenvalue weighted by Crippen LogP contribution is -2.45. The van der Waals surface area contributed by atoms with E-state index in [9.17, 15) is 30.6 Å². The fraction of sp³-hybridized carbons (Fsp3) is 0.0612. The Morgan fingerprint density at radius 1 is 0.524 bits per heavy atom. The largest absolute Gasteiger partial charge is 0.459 e. The van der Waals surface area contributed by atoms with Gasteiger partial charge in [0.25, 0.3) is 0 Å². The number of nitrogens with zero attached hydrogens (tertiary/aromatic N) is 6. The number of benzene rings is 4. The highest BCUT2D eigenvalue weighted by atomic mass is 32.1. The Hall–Kier alpha value is -8.66. The highest BCUT2D eigenvalue weighted by Crippen LogP contribution is 2.60. The van der Waals surface area contributed by atoms with Crippen LogP contribution in [0.25, 0.3) is 20.9 Å². The van der Waals surface area contributed by atoms with Crippen molar-refractivity contribution in [1.82, 2.24) is 0 Å². The first-order chi connectivity index (χ1) is 30.7. The Labute approximate surface area is 366 Å². The third-order valence-corrected chi connectivity index (χ3v) is 12.9. The molecular formula is C49H24N6O6S2. The summed E-state index contributed by atoms with van der Waals surface area (Å²) in [7, 11) is 0.